The van der Waals surface area contributed by atoms with E-state index in [-0.39, 0.29) is 30.5 Å². The number of benzene rings is 2. The number of hydrogen-bond acceptors (Lipinski definition) is 11. The number of aromatic nitrogens is 3. The Morgan fingerprint density at radius 1 is 0.850 bits per heavy atom. The second-order valence-corrected chi connectivity index (χ2v) is 15.7. The number of unbranched alkanes of at least 4 members (excludes halogenated alkanes) is 2. The molecule has 16 heteroatoms. The molecule has 0 unspecified atom stereocenters. The summed E-state index contributed by atoms with van der Waals surface area (Å²) in [4.78, 5) is 63.7. The van der Waals surface area contributed by atoms with Gasteiger partial charge in [-0.25, -0.2) is 9.78 Å². The summed E-state index contributed by atoms with van der Waals surface area (Å²) in [5.74, 6) is 0.616. The Labute approximate surface area is 353 Å². The van der Waals surface area contributed by atoms with Crippen LogP contribution in [0.3, 0.4) is 0 Å². The first kappa shape index (κ1) is 45.2. The van der Waals surface area contributed by atoms with Gasteiger partial charge in [0.05, 0.1) is 19.2 Å². The van der Waals surface area contributed by atoms with Crippen molar-refractivity contribution in [3.63, 3.8) is 0 Å². The Morgan fingerprint density at radius 2 is 1.58 bits per heavy atom. The van der Waals surface area contributed by atoms with Crippen LogP contribution in [-0.2, 0) is 38.8 Å². The van der Waals surface area contributed by atoms with E-state index in [9.17, 15) is 19.2 Å². The molecule has 324 valence electrons. The summed E-state index contributed by atoms with van der Waals surface area (Å²) < 4.78 is 13.6. The van der Waals surface area contributed by atoms with E-state index < -0.39 is 23.9 Å². The predicted octanol–water partition coefficient (Wildman–Crippen LogP) is 5.51. The number of carbonyl (C=O) groups excluding carboxylic acids is 4. The molecule has 0 radical (unpaired) electrons. The van der Waals surface area contributed by atoms with E-state index in [4.69, 9.17) is 15.2 Å². The van der Waals surface area contributed by atoms with Crippen LogP contribution < -0.4 is 31.7 Å². The molecule has 5 rings (SSSR count). The minimum atomic E-state index is -0.831. The summed E-state index contributed by atoms with van der Waals surface area (Å²) in [6, 6.07) is 13.7. The zero-order chi connectivity index (χ0) is 43.2. The number of amides is 4. The summed E-state index contributed by atoms with van der Waals surface area (Å²) >= 11 is 0. The zero-order valence-corrected chi connectivity index (χ0v) is 35.9. The number of nitrogens with one attached hydrogen (secondary N) is 4. The molecule has 0 aliphatic carbocycles. The van der Waals surface area contributed by atoms with E-state index in [2.05, 4.69) is 65.8 Å². The van der Waals surface area contributed by atoms with E-state index in [0.29, 0.717) is 57.8 Å². The number of piperazine rings is 1. The number of carbonyl (C=O) groups is 4. The minimum absolute atomic E-state index is 0.0862. The van der Waals surface area contributed by atoms with E-state index in [1.54, 1.807) is 43.2 Å². The molecular weight excluding hydrogens is 765 g/mol. The molecule has 1 saturated heterocycles. The van der Waals surface area contributed by atoms with E-state index in [1.807, 2.05) is 33.0 Å². The van der Waals surface area contributed by atoms with Crippen molar-refractivity contribution >= 4 is 52.3 Å². The van der Waals surface area contributed by atoms with Crippen molar-refractivity contribution in [2.24, 2.45) is 5.92 Å². The number of methoxy groups -OCH3 is 1. The number of nitrogen functional groups attached to an aromatic ring is 1. The monoisotopic (exact) mass is 826 g/mol. The van der Waals surface area contributed by atoms with Gasteiger partial charge in [0, 0.05) is 63.1 Å². The first-order valence-electron chi connectivity index (χ1n) is 21.0. The lowest BCUT2D eigenvalue weighted by atomic mass is 10.0. The molecule has 2 atom stereocenters. The van der Waals surface area contributed by atoms with Gasteiger partial charge in [-0.2, -0.15) is 4.98 Å². The number of ether oxygens (including phenoxy) is 2. The van der Waals surface area contributed by atoms with Gasteiger partial charge in [-0.3, -0.25) is 19.3 Å². The SMILES string of the molecule is CCCCCNc1nc(N)nc2ccn(Cc3ccc(CN4CCN(C(=O)OCc5ccc(NC(=O)[C@H](C)NC(=O)[C@@H](NC(=O)CCC)C(C)C)cc5)CC4)cc3OC)c12. The number of anilines is 3. The van der Waals surface area contributed by atoms with Crippen molar-refractivity contribution in [3.8, 4) is 5.75 Å². The largest absolute Gasteiger partial charge is 0.496 e. The first-order valence-corrected chi connectivity index (χ1v) is 21.0. The van der Waals surface area contributed by atoms with Crippen molar-refractivity contribution in [2.45, 2.75) is 98.5 Å². The standard InChI is InChI=1S/C44H62N10O6/c1-7-9-10-19-46-40-39-35(49-43(45)51-40)18-20-54(39)27-33-15-12-32(25-36(33)59-6)26-52-21-23-53(24-22-52)44(58)60-28-31-13-16-34(17-14-31)48-41(56)30(5)47-42(57)38(29(3)4)50-37(55)11-8-2/h12-18,20,25,29-30,38H,7-11,19,21-24,26-28H2,1-6H3,(H,47,57)(H,48,56)(H,50,55)(H3,45,46,49,51)/t30-,38-/m0/s1. The third-order valence-electron chi connectivity index (χ3n) is 10.5. The van der Waals surface area contributed by atoms with Crippen molar-refractivity contribution < 1.29 is 28.7 Å². The Balaban J connectivity index is 1.06. The molecule has 1 aliphatic heterocycles. The van der Waals surface area contributed by atoms with Gasteiger partial charge < -0.3 is 45.9 Å². The number of nitrogens with zero attached hydrogens (tertiary/aromatic N) is 5. The van der Waals surface area contributed by atoms with Gasteiger partial charge in [0.2, 0.25) is 23.7 Å². The van der Waals surface area contributed by atoms with Crippen LogP contribution in [0.4, 0.5) is 22.2 Å². The fourth-order valence-corrected chi connectivity index (χ4v) is 7.06. The van der Waals surface area contributed by atoms with Gasteiger partial charge in [-0.15, -0.1) is 0 Å². The van der Waals surface area contributed by atoms with E-state index in [0.717, 1.165) is 65.1 Å². The summed E-state index contributed by atoms with van der Waals surface area (Å²) in [5.41, 5.74) is 11.2. The number of nitrogens with two attached hydrogens (primary N) is 1. The number of hydrogen-bond donors (Lipinski definition) is 5. The van der Waals surface area contributed by atoms with Crippen molar-refractivity contribution in [1.29, 1.82) is 0 Å². The second-order valence-electron chi connectivity index (χ2n) is 15.7. The van der Waals surface area contributed by atoms with Crippen LogP contribution >= 0.6 is 0 Å². The molecule has 0 spiro atoms. The summed E-state index contributed by atoms with van der Waals surface area (Å²) in [6.07, 6.45) is 5.96. The molecule has 0 saturated carbocycles. The molecule has 3 heterocycles. The highest BCUT2D eigenvalue weighted by atomic mass is 16.6. The molecule has 4 aromatic rings. The van der Waals surface area contributed by atoms with Gasteiger partial charge in [-0.05, 0) is 61.1 Å². The highest BCUT2D eigenvalue weighted by Gasteiger charge is 2.27. The Hall–Kier alpha value is -5.90. The fraction of sp³-hybridized carbons (Fsp3) is 0.500. The van der Waals surface area contributed by atoms with Crippen LogP contribution in [0.1, 0.15) is 83.4 Å². The number of rotatable bonds is 20. The van der Waals surface area contributed by atoms with Crippen LogP contribution in [0.25, 0.3) is 11.0 Å². The quantitative estimate of drug-likeness (QED) is 0.0705. The van der Waals surface area contributed by atoms with Crippen LogP contribution in [0.15, 0.2) is 54.7 Å². The molecule has 1 aliphatic rings. The van der Waals surface area contributed by atoms with Crippen molar-refractivity contribution in [2.75, 3.05) is 56.2 Å². The maximum Gasteiger partial charge on any atom is 0.410 e. The van der Waals surface area contributed by atoms with Crippen molar-refractivity contribution in [1.82, 2.24) is 35.0 Å². The molecule has 60 heavy (non-hydrogen) atoms. The Kier molecular flexibility index (Phi) is 16.5. The van der Waals surface area contributed by atoms with E-state index >= 15 is 0 Å². The predicted molar refractivity (Wildman–Crippen MR) is 233 cm³/mol. The molecular formula is C44H62N10O6. The van der Waals surface area contributed by atoms with Crippen LogP contribution in [-0.4, -0.2) is 100 Å². The molecule has 2 aromatic carbocycles. The van der Waals surface area contributed by atoms with Crippen molar-refractivity contribution in [3.05, 3.63) is 71.4 Å². The maximum absolute atomic E-state index is 13.0. The van der Waals surface area contributed by atoms with E-state index in [1.165, 1.54) is 0 Å². The molecule has 1 fully saturated rings. The van der Waals surface area contributed by atoms with Gasteiger partial charge in [0.15, 0.2) is 5.82 Å². The molecule has 16 nitrogen and oxygen atoms in total. The lowest BCUT2D eigenvalue weighted by molar-refractivity contribution is -0.131. The summed E-state index contributed by atoms with van der Waals surface area (Å²) in [5, 5.41) is 11.7. The van der Waals surface area contributed by atoms with Gasteiger partial charge in [-0.1, -0.05) is 64.8 Å². The molecule has 6 N–H and O–H groups in total. The average Bonchev–Trinajstić information content (AvgIpc) is 3.63. The highest BCUT2D eigenvalue weighted by Crippen LogP contribution is 2.28. The summed E-state index contributed by atoms with van der Waals surface area (Å²) in [7, 11) is 1.68. The third-order valence-corrected chi connectivity index (χ3v) is 10.5. The Morgan fingerprint density at radius 3 is 2.27 bits per heavy atom. The van der Waals surface area contributed by atoms with Gasteiger partial charge in [0.1, 0.15) is 30.0 Å². The highest BCUT2D eigenvalue weighted by molar-refractivity contribution is 5.98. The van der Waals surface area contributed by atoms with Crippen LogP contribution in [0.5, 0.6) is 5.75 Å². The van der Waals surface area contributed by atoms with Gasteiger partial charge >= 0.3 is 6.09 Å². The average molecular weight is 827 g/mol. The Bertz CT molecular complexity index is 2060. The smallest absolute Gasteiger partial charge is 0.410 e. The fourth-order valence-electron chi connectivity index (χ4n) is 7.06. The molecule has 2 aromatic heterocycles. The molecule has 0 bridgehead atoms. The lowest BCUT2D eigenvalue weighted by Gasteiger charge is -2.34. The van der Waals surface area contributed by atoms with Crippen LogP contribution in [0, 0.1) is 5.92 Å². The summed E-state index contributed by atoms with van der Waals surface area (Å²) in [6.45, 7) is 14.0. The third kappa shape index (κ3) is 12.6. The maximum atomic E-state index is 13.0. The van der Waals surface area contributed by atoms with Crippen LogP contribution in [0.2, 0.25) is 0 Å². The lowest BCUT2D eigenvalue weighted by Crippen LogP contribution is -2.53. The topological polar surface area (TPSA) is 198 Å². The minimum Gasteiger partial charge on any atom is -0.496 e. The normalized spacial score (nSPS) is 14.1. The molecule has 4 amide bonds. The zero-order valence-electron chi connectivity index (χ0n) is 35.9. The van der Waals surface area contributed by atoms with Gasteiger partial charge in [0.25, 0.3) is 0 Å². The number of fused-ring (bicyclic) bond motifs is 1. The first-order chi connectivity index (χ1) is 28.9. The second kappa shape index (κ2) is 21.9.